The van der Waals surface area contributed by atoms with Crippen LogP contribution >= 0.6 is 0 Å². The van der Waals surface area contributed by atoms with Crippen LogP contribution in [0.5, 0.6) is 0 Å². The van der Waals surface area contributed by atoms with Crippen molar-refractivity contribution in [3.8, 4) is 0 Å². The third kappa shape index (κ3) is 3.83. The highest BCUT2D eigenvalue weighted by Crippen LogP contribution is 2.25. The van der Waals surface area contributed by atoms with Crippen LogP contribution in [0.15, 0.2) is 18.2 Å². The van der Waals surface area contributed by atoms with E-state index in [1.807, 2.05) is 0 Å². The molecule has 0 aliphatic carbocycles. The molecular formula is C18H30N2. The Morgan fingerprint density at radius 3 is 2.45 bits per heavy atom. The van der Waals surface area contributed by atoms with Crippen LogP contribution in [0.3, 0.4) is 0 Å². The summed E-state index contributed by atoms with van der Waals surface area (Å²) in [7, 11) is 2.09. The summed E-state index contributed by atoms with van der Waals surface area (Å²) < 4.78 is 0. The van der Waals surface area contributed by atoms with Crippen molar-refractivity contribution in [3.05, 3.63) is 34.9 Å². The number of nitrogens with one attached hydrogen (secondary N) is 1. The summed E-state index contributed by atoms with van der Waals surface area (Å²) in [6, 6.07) is 7.23. The summed E-state index contributed by atoms with van der Waals surface area (Å²) in [4.78, 5) is 2.64. The van der Waals surface area contributed by atoms with Gasteiger partial charge >= 0.3 is 0 Å². The van der Waals surface area contributed by atoms with Crippen molar-refractivity contribution in [2.75, 3.05) is 26.7 Å². The molecule has 1 heterocycles. The molecule has 1 aromatic rings. The number of hydrogen-bond donors (Lipinski definition) is 1. The van der Waals surface area contributed by atoms with Gasteiger partial charge in [0.1, 0.15) is 0 Å². The summed E-state index contributed by atoms with van der Waals surface area (Å²) in [6.07, 6.45) is 1.38. The van der Waals surface area contributed by atoms with E-state index in [0.717, 1.165) is 18.4 Å². The zero-order valence-corrected chi connectivity index (χ0v) is 13.7. The molecular weight excluding hydrogens is 244 g/mol. The molecule has 3 unspecified atom stereocenters. The van der Waals surface area contributed by atoms with Gasteiger partial charge in [-0.2, -0.15) is 0 Å². The van der Waals surface area contributed by atoms with Crippen LogP contribution in [0, 0.1) is 25.7 Å². The van der Waals surface area contributed by atoms with Crippen LogP contribution in [-0.2, 0) is 0 Å². The minimum atomic E-state index is 0.437. The molecule has 2 nitrogen and oxygen atoms in total. The van der Waals surface area contributed by atoms with Crippen LogP contribution in [0.25, 0.3) is 0 Å². The van der Waals surface area contributed by atoms with Gasteiger partial charge in [-0.05, 0) is 50.3 Å². The van der Waals surface area contributed by atoms with Crippen molar-refractivity contribution < 1.29 is 0 Å². The molecule has 1 aromatic carbocycles. The van der Waals surface area contributed by atoms with Crippen LogP contribution in [0.1, 0.15) is 43.0 Å². The number of aryl methyl sites for hydroxylation is 2. The van der Waals surface area contributed by atoms with E-state index in [2.05, 4.69) is 63.2 Å². The van der Waals surface area contributed by atoms with Gasteiger partial charge in [-0.15, -0.1) is 0 Å². The predicted octanol–water partition coefficient (Wildman–Crippen LogP) is 3.54. The summed E-state index contributed by atoms with van der Waals surface area (Å²) in [5, 5.41) is 3.52. The Bertz CT molecular complexity index is 431. The van der Waals surface area contributed by atoms with Gasteiger partial charge in [0.25, 0.3) is 0 Å². The second-order valence-electron chi connectivity index (χ2n) is 6.87. The molecule has 0 amide bonds. The Hall–Kier alpha value is -0.860. The fraction of sp³-hybridized carbons (Fsp3) is 0.667. The third-order valence-corrected chi connectivity index (χ3v) is 4.54. The van der Waals surface area contributed by atoms with Crippen molar-refractivity contribution in [1.29, 1.82) is 0 Å². The second kappa shape index (κ2) is 6.73. The molecule has 3 atom stereocenters. The molecule has 2 heteroatoms. The molecule has 20 heavy (non-hydrogen) atoms. The lowest BCUT2D eigenvalue weighted by atomic mass is 9.91. The van der Waals surface area contributed by atoms with Crippen LogP contribution < -0.4 is 5.32 Å². The first-order valence-electron chi connectivity index (χ1n) is 7.96. The van der Waals surface area contributed by atoms with Gasteiger partial charge in [-0.3, -0.25) is 0 Å². The molecule has 1 N–H and O–H groups in total. The molecule has 0 spiro atoms. The Balaban J connectivity index is 2.10. The van der Waals surface area contributed by atoms with Gasteiger partial charge in [0.2, 0.25) is 0 Å². The van der Waals surface area contributed by atoms with E-state index in [-0.39, 0.29) is 0 Å². The number of hydrogen-bond acceptors (Lipinski definition) is 2. The van der Waals surface area contributed by atoms with Crippen molar-refractivity contribution in [2.45, 2.75) is 40.2 Å². The summed E-state index contributed by atoms with van der Waals surface area (Å²) in [6.45, 7) is 12.8. The van der Waals surface area contributed by atoms with E-state index in [4.69, 9.17) is 0 Å². The van der Waals surface area contributed by atoms with Gasteiger partial charge < -0.3 is 10.2 Å². The van der Waals surface area contributed by atoms with E-state index in [1.54, 1.807) is 0 Å². The number of nitrogens with zero attached hydrogens (tertiary/aromatic N) is 1. The average Bonchev–Trinajstić information content (AvgIpc) is 2.38. The quantitative estimate of drug-likeness (QED) is 0.903. The maximum Gasteiger partial charge on any atom is 0.0449 e. The van der Waals surface area contributed by atoms with Gasteiger partial charge in [-0.25, -0.2) is 0 Å². The molecule has 1 aliphatic rings. The summed E-state index contributed by atoms with van der Waals surface area (Å²) in [5.41, 5.74) is 4.21. The van der Waals surface area contributed by atoms with E-state index < -0.39 is 0 Å². The molecule has 1 saturated heterocycles. The van der Waals surface area contributed by atoms with E-state index in [9.17, 15) is 0 Å². The van der Waals surface area contributed by atoms with Crippen LogP contribution in [-0.4, -0.2) is 31.6 Å². The van der Waals surface area contributed by atoms with Crippen LogP contribution in [0.2, 0.25) is 0 Å². The van der Waals surface area contributed by atoms with E-state index in [0.29, 0.717) is 6.04 Å². The van der Waals surface area contributed by atoms with Gasteiger partial charge in [0, 0.05) is 25.7 Å². The molecule has 0 saturated carbocycles. The second-order valence-corrected chi connectivity index (χ2v) is 6.87. The summed E-state index contributed by atoms with van der Waals surface area (Å²) >= 11 is 0. The fourth-order valence-electron chi connectivity index (χ4n) is 3.68. The zero-order valence-electron chi connectivity index (χ0n) is 13.7. The van der Waals surface area contributed by atoms with Crippen LogP contribution in [0.4, 0.5) is 0 Å². The first-order chi connectivity index (χ1) is 9.49. The van der Waals surface area contributed by atoms with Crippen molar-refractivity contribution in [1.82, 2.24) is 10.2 Å². The minimum absolute atomic E-state index is 0.437. The highest BCUT2D eigenvalue weighted by atomic mass is 15.2. The maximum absolute atomic E-state index is 3.52. The third-order valence-electron chi connectivity index (χ3n) is 4.54. The Morgan fingerprint density at radius 1 is 1.20 bits per heavy atom. The Labute approximate surface area is 124 Å². The van der Waals surface area contributed by atoms with Gasteiger partial charge in [0.15, 0.2) is 0 Å². The van der Waals surface area contributed by atoms with E-state index >= 15 is 0 Å². The minimum Gasteiger partial charge on any atom is -0.312 e. The molecule has 0 radical (unpaired) electrons. The fourth-order valence-corrected chi connectivity index (χ4v) is 3.68. The first kappa shape index (κ1) is 15.5. The lowest BCUT2D eigenvalue weighted by molar-refractivity contribution is 0.129. The Kier molecular flexibility index (Phi) is 5.22. The molecule has 112 valence electrons. The molecule has 1 fully saturated rings. The largest absolute Gasteiger partial charge is 0.312 e. The number of rotatable bonds is 4. The monoisotopic (exact) mass is 274 g/mol. The highest BCUT2D eigenvalue weighted by Gasteiger charge is 2.24. The standard InChI is InChI=1S/C18H30N2/c1-13-6-7-16(4)17(9-13)18(19-5)12-20-10-14(2)8-15(3)11-20/h6-7,9,14-15,18-19H,8,10-12H2,1-5H3. The van der Waals surface area contributed by atoms with Gasteiger partial charge in [-0.1, -0.05) is 37.6 Å². The zero-order chi connectivity index (χ0) is 14.7. The topological polar surface area (TPSA) is 15.3 Å². The molecule has 0 bridgehead atoms. The lowest BCUT2D eigenvalue weighted by Crippen LogP contribution is -2.43. The maximum atomic E-state index is 3.52. The number of benzene rings is 1. The predicted molar refractivity (Wildman–Crippen MR) is 87.1 cm³/mol. The number of likely N-dealkylation sites (tertiary alicyclic amines) is 1. The number of likely N-dealkylation sites (N-methyl/N-ethyl adjacent to an activating group) is 1. The molecule has 2 rings (SSSR count). The highest BCUT2D eigenvalue weighted by molar-refractivity contribution is 5.33. The van der Waals surface area contributed by atoms with E-state index in [1.165, 1.54) is 36.2 Å². The number of piperidine rings is 1. The molecule has 1 aliphatic heterocycles. The van der Waals surface area contributed by atoms with Gasteiger partial charge in [0.05, 0.1) is 0 Å². The average molecular weight is 274 g/mol. The van der Waals surface area contributed by atoms with Crippen molar-refractivity contribution in [2.24, 2.45) is 11.8 Å². The lowest BCUT2D eigenvalue weighted by Gasteiger charge is -2.37. The molecule has 0 aromatic heterocycles. The normalized spacial score (nSPS) is 25.6. The van der Waals surface area contributed by atoms with Crippen molar-refractivity contribution in [3.63, 3.8) is 0 Å². The van der Waals surface area contributed by atoms with Crippen molar-refractivity contribution >= 4 is 0 Å². The summed E-state index contributed by atoms with van der Waals surface area (Å²) in [5.74, 6) is 1.66. The first-order valence-corrected chi connectivity index (χ1v) is 7.96. The Morgan fingerprint density at radius 2 is 1.85 bits per heavy atom. The smallest absolute Gasteiger partial charge is 0.0449 e. The SMILES string of the molecule is CNC(CN1CC(C)CC(C)C1)c1cc(C)ccc1C.